The van der Waals surface area contributed by atoms with Crippen molar-refractivity contribution in [3.8, 4) is 0 Å². The van der Waals surface area contributed by atoms with Crippen molar-refractivity contribution < 1.29 is 4.79 Å². The number of hydrogen-bond acceptors (Lipinski definition) is 1. The topological polar surface area (TPSA) is 29.1 Å². The first-order valence-electron chi connectivity index (χ1n) is 4.55. The van der Waals surface area contributed by atoms with Crippen LogP contribution in [-0.4, -0.2) is 12.5 Å². The molecule has 0 spiro atoms. The summed E-state index contributed by atoms with van der Waals surface area (Å²) < 4.78 is 0.970. The molecule has 0 saturated carbocycles. The normalized spacial score (nSPS) is 10.2. The van der Waals surface area contributed by atoms with E-state index in [1.807, 2.05) is 24.3 Å². The number of halogens is 1. The van der Waals surface area contributed by atoms with Crippen LogP contribution in [0.1, 0.15) is 5.56 Å². The Hall–Kier alpha value is -1.35. The quantitative estimate of drug-likeness (QED) is 0.659. The maximum Gasteiger partial charge on any atom is 0.244 e. The Balaban J connectivity index is 2.61. The van der Waals surface area contributed by atoms with Gasteiger partial charge in [0.05, 0.1) is 0 Å². The second-order valence-corrected chi connectivity index (χ2v) is 3.74. The van der Waals surface area contributed by atoms with Crippen LogP contribution in [0.4, 0.5) is 0 Å². The van der Waals surface area contributed by atoms with E-state index in [0.717, 1.165) is 10.0 Å². The summed E-state index contributed by atoms with van der Waals surface area (Å²) in [6.45, 7) is 4.00. The molecule has 0 aliphatic carbocycles. The summed E-state index contributed by atoms with van der Waals surface area (Å²) in [7, 11) is 0. The fraction of sp³-hybridized carbons (Fsp3) is 0.0833. The van der Waals surface area contributed by atoms with Crippen molar-refractivity contribution in [1.29, 1.82) is 0 Å². The van der Waals surface area contributed by atoms with Gasteiger partial charge in [0.25, 0.3) is 0 Å². The third-order valence-electron chi connectivity index (χ3n) is 1.74. The zero-order valence-electron chi connectivity index (χ0n) is 8.24. The summed E-state index contributed by atoms with van der Waals surface area (Å²) in [5.74, 6) is -0.120. The lowest BCUT2D eigenvalue weighted by Crippen LogP contribution is -2.20. The lowest BCUT2D eigenvalue weighted by molar-refractivity contribution is -0.116. The Kier molecular flexibility index (Phi) is 4.84. The van der Waals surface area contributed by atoms with E-state index in [-0.39, 0.29) is 5.91 Å². The van der Waals surface area contributed by atoms with Crippen LogP contribution < -0.4 is 5.32 Å². The van der Waals surface area contributed by atoms with Crippen LogP contribution in [-0.2, 0) is 4.79 Å². The lowest BCUT2D eigenvalue weighted by Gasteiger charge is -1.98. The summed E-state index contributed by atoms with van der Waals surface area (Å²) in [4.78, 5) is 11.2. The van der Waals surface area contributed by atoms with Gasteiger partial charge in [-0.3, -0.25) is 4.79 Å². The van der Waals surface area contributed by atoms with Crippen molar-refractivity contribution in [2.75, 3.05) is 6.54 Å². The van der Waals surface area contributed by atoms with Crippen LogP contribution in [0.5, 0.6) is 0 Å². The molecule has 3 heteroatoms. The largest absolute Gasteiger partial charge is 0.349 e. The van der Waals surface area contributed by atoms with Gasteiger partial charge < -0.3 is 5.32 Å². The molecule has 0 aliphatic heterocycles. The molecular formula is C12H12BrNO. The smallest absolute Gasteiger partial charge is 0.244 e. The minimum atomic E-state index is -0.120. The highest BCUT2D eigenvalue weighted by Crippen LogP contribution is 2.16. The lowest BCUT2D eigenvalue weighted by atomic mass is 10.2. The maximum atomic E-state index is 11.2. The monoisotopic (exact) mass is 265 g/mol. The third kappa shape index (κ3) is 4.13. The predicted molar refractivity (Wildman–Crippen MR) is 66.4 cm³/mol. The zero-order chi connectivity index (χ0) is 11.1. The van der Waals surface area contributed by atoms with Crippen molar-refractivity contribution in [2.45, 2.75) is 0 Å². The van der Waals surface area contributed by atoms with Gasteiger partial charge in [-0.05, 0) is 17.7 Å². The van der Waals surface area contributed by atoms with E-state index in [0.29, 0.717) is 6.54 Å². The van der Waals surface area contributed by atoms with E-state index in [4.69, 9.17) is 0 Å². The summed E-state index contributed by atoms with van der Waals surface area (Å²) >= 11 is 3.40. The molecule has 1 N–H and O–H groups in total. The van der Waals surface area contributed by atoms with Gasteiger partial charge in [0.2, 0.25) is 5.91 Å². The maximum absolute atomic E-state index is 11.2. The number of nitrogens with one attached hydrogen (secondary N) is 1. The highest BCUT2D eigenvalue weighted by atomic mass is 79.9. The van der Waals surface area contributed by atoms with Crippen LogP contribution in [0, 0.1) is 0 Å². The van der Waals surface area contributed by atoms with Gasteiger partial charge in [-0.25, -0.2) is 0 Å². The minimum absolute atomic E-state index is 0.120. The van der Waals surface area contributed by atoms with Gasteiger partial charge >= 0.3 is 0 Å². The number of hydrogen-bond donors (Lipinski definition) is 1. The van der Waals surface area contributed by atoms with Crippen molar-refractivity contribution in [3.63, 3.8) is 0 Å². The van der Waals surface area contributed by atoms with Crippen LogP contribution in [0.25, 0.3) is 6.08 Å². The highest BCUT2D eigenvalue weighted by Gasteiger charge is 1.95. The van der Waals surface area contributed by atoms with E-state index in [1.165, 1.54) is 6.08 Å². The first-order chi connectivity index (χ1) is 7.24. The number of carbonyl (C=O) groups excluding carboxylic acids is 1. The van der Waals surface area contributed by atoms with Gasteiger partial charge in [0.1, 0.15) is 0 Å². The van der Waals surface area contributed by atoms with Crippen LogP contribution >= 0.6 is 15.9 Å². The van der Waals surface area contributed by atoms with Crippen molar-refractivity contribution in [1.82, 2.24) is 5.32 Å². The second-order valence-electron chi connectivity index (χ2n) is 2.89. The molecule has 0 bridgehead atoms. The predicted octanol–water partition coefficient (Wildman–Crippen LogP) is 2.76. The molecule has 1 rings (SSSR count). The molecule has 2 nitrogen and oxygen atoms in total. The van der Waals surface area contributed by atoms with Gasteiger partial charge in [-0.15, -0.1) is 6.58 Å². The Morgan fingerprint density at radius 1 is 1.47 bits per heavy atom. The average molecular weight is 266 g/mol. The third-order valence-corrected chi connectivity index (χ3v) is 2.46. The molecule has 0 radical (unpaired) electrons. The van der Waals surface area contributed by atoms with E-state index in [2.05, 4.69) is 27.8 Å². The molecule has 1 amide bonds. The molecular weight excluding hydrogens is 254 g/mol. The zero-order valence-corrected chi connectivity index (χ0v) is 9.83. The summed E-state index contributed by atoms with van der Waals surface area (Å²) in [6, 6.07) is 7.72. The first-order valence-corrected chi connectivity index (χ1v) is 5.34. The molecule has 0 heterocycles. The molecule has 15 heavy (non-hydrogen) atoms. The Bertz CT molecular complexity index is 385. The first kappa shape index (κ1) is 11.7. The number of benzene rings is 1. The van der Waals surface area contributed by atoms with E-state index in [1.54, 1.807) is 12.2 Å². The molecule has 0 aliphatic rings. The minimum Gasteiger partial charge on any atom is -0.349 e. The summed E-state index contributed by atoms with van der Waals surface area (Å²) in [6.07, 6.45) is 4.91. The van der Waals surface area contributed by atoms with E-state index >= 15 is 0 Å². The van der Waals surface area contributed by atoms with Gasteiger partial charge in [-0.1, -0.05) is 40.2 Å². The standard InChI is InChI=1S/C12H12BrNO/c1-2-9-14-12(15)8-7-10-5-3-4-6-11(10)13/h2-8H,1,9H2,(H,14,15)/b8-7+. The van der Waals surface area contributed by atoms with Gasteiger partial charge in [0.15, 0.2) is 0 Å². The second kappa shape index (κ2) is 6.19. The summed E-state index contributed by atoms with van der Waals surface area (Å²) in [5.41, 5.74) is 0.978. The van der Waals surface area contributed by atoms with E-state index in [9.17, 15) is 4.79 Å². The van der Waals surface area contributed by atoms with Crippen LogP contribution in [0.3, 0.4) is 0 Å². The van der Waals surface area contributed by atoms with Crippen molar-refractivity contribution in [3.05, 3.63) is 53.0 Å². The molecule has 0 fully saturated rings. The number of rotatable bonds is 4. The molecule has 0 unspecified atom stereocenters. The Labute approximate surface area is 97.8 Å². The number of amides is 1. The fourth-order valence-corrected chi connectivity index (χ4v) is 1.42. The van der Waals surface area contributed by atoms with Crippen molar-refractivity contribution >= 4 is 27.9 Å². The van der Waals surface area contributed by atoms with E-state index < -0.39 is 0 Å². The molecule has 0 aromatic heterocycles. The molecule has 1 aromatic rings. The SMILES string of the molecule is C=CCNC(=O)/C=C/c1ccccc1Br. The Morgan fingerprint density at radius 2 is 2.20 bits per heavy atom. The molecule has 78 valence electrons. The molecule has 0 atom stereocenters. The summed E-state index contributed by atoms with van der Waals surface area (Å²) in [5, 5.41) is 2.66. The van der Waals surface area contributed by atoms with Crippen LogP contribution in [0.15, 0.2) is 47.5 Å². The average Bonchev–Trinajstić information content (AvgIpc) is 2.25. The number of carbonyl (C=O) groups is 1. The molecule has 1 aromatic carbocycles. The highest BCUT2D eigenvalue weighted by molar-refractivity contribution is 9.10. The Morgan fingerprint density at radius 3 is 2.87 bits per heavy atom. The van der Waals surface area contributed by atoms with Gasteiger partial charge in [-0.2, -0.15) is 0 Å². The van der Waals surface area contributed by atoms with Crippen molar-refractivity contribution in [2.24, 2.45) is 0 Å². The van der Waals surface area contributed by atoms with Gasteiger partial charge in [0, 0.05) is 17.1 Å². The van der Waals surface area contributed by atoms with Crippen LogP contribution in [0.2, 0.25) is 0 Å². The molecule has 0 saturated heterocycles. The fourth-order valence-electron chi connectivity index (χ4n) is 1.01.